The first kappa shape index (κ1) is 18.5. The molecule has 1 N–H and O–H groups in total. The maximum atomic E-state index is 12.3. The lowest BCUT2D eigenvalue weighted by Crippen LogP contribution is -2.15. The number of nitrogens with zero attached hydrogens (tertiary/aromatic N) is 1. The van der Waals surface area contributed by atoms with Gasteiger partial charge in [-0.05, 0) is 18.2 Å². The molecule has 0 radical (unpaired) electrons. The van der Waals surface area contributed by atoms with E-state index in [0.717, 1.165) is 0 Å². The molecule has 25 heavy (non-hydrogen) atoms. The van der Waals surface area contributed by atoms with Crippen LogP contribution in [0.25, 0.3) is 0 Å². The maximum absolute atomic E-state index is 12.3. The van der Waals surface area contributed by atoms with Crippen molar-refractivity contribution in [3.8, 4) is 11.5 Å². The van der Waals surface area contributed by atoms with Crippen LogP contribution in [-0.4, -0.2) is 44.1 Å². The smallest absolute Gasteiger partial charge is 0.358 e. The molecule has 0 atom stereocenters. The molecule has 0 saturated heterocycles. The van der Waals surface area contributed by atoms with E-state index < -0.39 is 18.4 Å². The lowest BCUT2D eigenvalue weighted by molar-refractivity contribution is 0.0469. The van der Waals surface area contributed by atoms with Gasteiger partial charge in [0.1, 0.15) is 11.5 Å². The van der Waals surface area contributed by atoms with Gasteiger partial charge in [-0.1, -0.05) is 6.08 Å². The van der Waals surface area contributed by atoms with Crippen molar-refractivity contribution in [1.82, 2.24) is 4.98 Å². The fraction of sp³-hybridized carbons (Fsp3) is 0.235. The van der Waals surface area contributed by atoms with E-state index in [-0.39, 0.29) is 11.3 Å². The molecule has 132 valence electrons. The van der Waals surface area contributed by atoms with Gasteiger partial charge in [-0.3, -0.25) is 4.79 Å². The minimum Gasteiger partial charge on any atom is -0.497 e. The predicted molar refractivity (Wildman–Crippen MR) is 95.0 cm³/mol. The highest BCUT2D eigenvalue weighted by molar-refractivity contribution is 7.13. The van der Waals surface area contributed by atoms with E-state index in [4.69, 9.17) is 14.2 Å². The standard InChI is InChI=1S/C17H18N2O5S/c1-4-7-18-17-19-13(10-25-17)16(21)24-9-14(20)12-8-11(22-2)5-6-15(12)23-3/h4-6,8,10H,1,7,9H2,2-3H3,(H,18,19). The lowest BCUT2D eigenvalue weighted by Gasteiger charge is -2.09. The summed E-state index contributed by atoms with van der Waals surface area (Å²) in [5.41, 5.74) is 0.420. The van der Waals surface area contributed by atoms with Crippen LogP contribution in [0, 0.1) is 0 Å². The highest BCUT2D eigenvalue weighted by Crippen LogP contribution is 2.24. The van der Waals surface area contributed by atoms with Gasteiger partial charge in [0.2, 0.25) is 5.78 Å². The van der Waals surface area contributed by atoms with Crippen molar-refractivity contribution in [2.45, 2.75) is 0 Å². The highest BCUT2D eigenvalue weighted by atomic mass is 32.1. The SMILES string of the molecule is C=CCNc1nc(C(=O)OCC(=O)c2cc(OC)ccc2OC)cs1. The summed E-state index contributed by atoms with van der Waals surface area (Å²) in [6, 6.07) is 4.83. The number of ether oxygens (including phenoxy) is 3. The van der Waals surface area contributed by atoms with Gasteiger partial charge in [-0.2, -0.15) is 0 Å². The Morgan fingerprint density at radius 1 is 1.32 bits per heavy atom. The third kappa shape index (κ3) is 4.80. The number of ketones is 1. The minimum absolute atomic E-state index is 0.141. The minimum atomic E-state index is -0.668. The molecular formula is C17H18N2O5S. The summed E-state index contributed by atoms with van der Waals surface area (Å²) < 4.78 is 15.3. The number of hydrogen-bond acceptors (Lipinski definition) is 8. The molecule has 1 aromatic carbocycles. The second kappa shape index (κ2) is 8.84. The van der Waals surface area contributed by atoms with Gasteiger partial charge < -0.3 is 19.5 Å². The number of rotatable bonds is 9. The van der Waals surface area contributed by atoms with Gasteiger partial charge in [0.25, 0.3) is 0 Å². The number of benzene rings is 1. The summed E-state index contributed by atoms with van der Waals surface area (Å²) in [5.74, 6) is -0.179. The molecule has 2 rings (SSSR count). The number of anilines is 1. The molecule has 1 aromatic heterocycles. The highest BCUT2D eigenvalue weighted by Gasteiger charge is 2.18. The number of carbonyl (C=O) groups excluding carboxylic acids is 2. The number of methoxy groups -OCH3 is 2. The van der Waals surface area contributed by atoms with E-state index in [2.05, 4.69) is 16.9 Å². The second-order valence-corrected chi connectivity index (χ2v) is 5.63. The van der Waals surface area contributed by atoms with Crippen LogP contribution >= 0.6 is 11.3 Å². The zero-order valence-electron chi connectivity index (χ0n) is 13.9. The summed E-state index contributed by atoms with van der Waals surface area (Å²) >= 11 is 1.27. The van der Waals surface area contributed by atoms with Crippen molar-refractivity contribution in [3.63, 3.8) is 0 Å². The monoisotopic (exact) mass is 362 g/mol. The van der Waals surface area contributed by atoms with E-state index in [1.165, 1.54) is 31.6 Å². The average molecular weight is 362 g/mol. The first-order valence-corrected chi connectivity index (χ1v) is 8.19. The van der Waals surface area contributed by atoms with Gasteiger partial charge in [0.15, 0.2) is 17.4 Å². The van der Waals surface area contributed by atoms with Gasteiger partial charge >= 0.3 is 5.97 Å². The van der Waals surface area contributed by atoms with Crippen LogP contribution in [0.3, 0.4) is 0 Å². The molecule has 0 amide bonds. The van der Waals surface area contributed by atoms with Crippen LogP contribution in [0.5, 0.6) is 11.5 Å². The van der Waals surface area contributed by atoms with Crippen LogP contribution in [0.1, 0.15) is 20.8 Å². The Morgan fingerprint density at radius 3 is 2.80 bits per heavy atom. The van der Waals surface area contributed by atoms with Crippen LogP contribution in [0.4, 0.5) is 5.13 Å². The van der Waals surface area contributed by atoms with Gasteiger partial charge in [-0.15, -0.1) is 17.9 Å². The van der Waals surface area contributed by atoms with E-state index >= 15 is 0 Å². The van der Waals surface area contributed by atoms with Crippen LogP contribution < -0.4 is 14.8 Å². The Balaban J connectivity index is 2.00. The molecule has 0 aliphatic carbocycles. The molecule has 0 aliphatic heterocycles. The zero-order valence-corrected chi connectivity index (χ0v) is 14.7. The molecule has 7 nitrogen and oxygen atoms in total. The number of esters is 1. The Kier molecular flexibility index (Phi) is 6.53. The second-order valence-electron chi connectivity index (χ2n) is 4.77. The average Bonchev–Trinajstić information content (AvgIpc) is 3.12. The first-order valence-electron chi connectivity index (χ1n) is 7.31. The molecule has 2 aromatic rings. The molecule has 0 saturated carbocycles. The van der Waals surface area contributed by atoms with Crippen molar-refractivity contribution < 1.29 is 23.8 Å². The fourth-order valence-electron chi connectivity index (χ4n) is 1.92. The van der Waals surface area contributed by atoms with Gasteiger partial charge in [0.05, 0.1) is 19.8 Å². The number of thiazole rings is 1. The summed E-state index contributed by atoms with van der Waals surface area (Å²) in [6.07, 6.45) is 1.68. The lowest BCUT2D eigenvalue weighted by atomic mass is 10.1. The fourth-order valence-corrected chi connectivity index (χ4v) is 2.61. The number of aromatic nitrogens is 1. The predicted octanol–water partition coefficient (Wildman–Crippen LogP) is 2.80. The number of carbonyl (C=O) groups is 2. The Labute approximate surface area is 149 Å². The largest absolute Gasteiger partial charge is 0.497 e. The summed E-state index contributed by atoms with van der Waals surface area (Å²) in [7, 11) is 2.95. The molecule has 1 heterocycles. The van der Waals surface area contributed by atoms with Crippen LogP contribution in [-0.2, 0) is 4.74 Å². The van der Waals surface area contributed by atoms with Crippen molar-refractivity contribution in [1.29, 1.82) is 0 Å². The summed E-state index contributed by atoms with van der Waals surface area (Å²) in [6.45, 7) is 3.70. The number of Topliss-reactive ketones (excluding diaryl/α,β-unsaturated/α-hetero) is 1. The summed E-state index contributed by atoms with van der Waals surface area (Å²) in [5, 5.41) is 5.11. The normalized spacial score (nSPS) is 10.0. The molecule has 8 heteroatoms. The van der Waals surface area contributed by atoms with E-state index in [1.54, 1.807) is 23.6 Å². The van der Waals surface area contributed by atoms with E-state index in [9.17, 15) is 9.59 Å². The van der Waals surface area contributed by atoms with Crippen LogP contribution in [0.2, 0.25) is 0 Å². The topological polar surface area (TPSA) is 86.8 Å². The maximum Gasteiger partial charge on any atom is 0.358 e. The molecule has 0 unspecified atom stereocenters. The van der Waals surface area contributed by atoms with Crippen molar-refractivity contribution in [3.05, 3.63) is 47.5 Å². The Hall–Kier alpha value is -2.87. The first-order chi connectivity index (χ1) is 12.1. The van der Waals surface area contributed by atoms with Gasteiger partial charge in [-0.25, -0.2) is 9.78 Å². The quantitative estimate of drug-likeness (QED) is 0.417. The third-order valence-corrected chi connectivity index (χ3v) is 3.95. The number of hydrogen-bond donors (Lipinski definition) is 1. The Bertz CT molecular complexity index is 772. The molecule has 0 bridgehead atoms. The zero-order chi connectivity index (χ0) is 18.2. The summed E-state index contributed by atoms with van der Waals surface area (Å²) in [4.78, 5) is 28.4. The van der Waals surface area contributed by atoms with Crippen molar-refractivity contribution in [2.24, 2.45) is 0 Å². The number of nitrogens with one attached hydrogen (secondary N) is 1. The third-order valence-electron chi connectivity index (χ3n) is 3.15. The van der Waals surface area contributed by atoms with Crippen molar-refractivity contribution in [2.75, 3.05) is 32.7 Å². The van der Waals surface area contributed by atoms with E-state index in [0.29, 0.717) is 23.2 Å². The van der Waals surface area contributed by atoms with Crippen molar-refractivity contribution >= 4 is 28.2 Å². The van der Waals surface area contributed by atoms with E-state index in [1.807, 2.05) is 0 Å². The van der Waals surface area contributed by atoms with Gasteiger partial charge in [0, 0.05) is 11.9 Å². The molecule has 0 fully saturated rings. The molecule has 0 aliphatic rings. The molecular weight excluding hydrogens is 344 g/mol. The van der Waals surface area contributed by atoms with Crippen LogP contribution in [0.15, 0.2) is 36.2 Å². The molecule has 0 spiro atoms. The Morgan fingerprint density at radius 2 is 2.12 bits per heavy atom.